The van der Waals surface area contributed by atoms with Crippen LogP contribution in [-0.2, 0) is 21.2 Å². The van der Waals surface area contributed by atoms with Gasteiger partial charge in [0.15, 0.2) is 0 Å². The van der Waals surface area contributed by atoms with E-state index in [-0.39, 0.29) is 34.0 Å². The number of likely N-dealkylation sites (tertiary alicyclic amines) is 1. The number of benzene rings is 2. The highest BCUT2D eigenvalue weighted by Gasteiger charge is 2.45. The number of rotatable bonds is 7. The number of aryl methyl sites for hydroxylation is 1. The van der Waals surface area contributed by atoms with Gasteiger partial charge in [0.1, 0.15) is 17.1 Å². The van der Waals surface area contributed by atoms with E-state index in [1.54, 1.807) is 6.07 Å². The number of nitrogens with zero attached hydrogens (tertiary/aromatic N) is 1. The fourth-order valence-corrected chi connectivity index (χ4v) is 6.24. The Morgan fingerprint density at radius 1 is 1.26 bits per heavy atom. The van der Waals surface area contributed by atoms with Crippen molar-refractivity contribution in [2.75, 3.05) is 31.5 Å². The smallest absolute Gasteiger partial charge is 0.407 e. The lowest BCUT2D eigenvalue weighted by Crippen LogP contribution is -2.49. The van der Waals surface area contributed by atoms with E-state index < -0.39 is 27.9 Å². The zero-order valence-electron chi connectivity index (χ0n) is 19.0. The molecule has 5 rings (SSSR count). The van der Waals surface area contributed by atoms with Gasteiger partial charge in [-0.3, -0.25) is 4.72 Å². The molecule has 186 valence electrons. The van der Waals surface area contributed by atoms with Crippen LogP contribution in [0.5, 0.6) is 5.75 Å². The zero-order valence-corrected chi connectivity index (χ0v) is 19.8. The first kappa shape index (κ1) is 23.4. The highest BCUT2D eigenvalue weighted by molar-refractivity contribution is 7.92. The summed E-state index contributed by atoms with van der Waals surface area (Å²) in [6.07, 6.45) is 0.736. The number of methoxy groups -OCH3 is 1. The van der Waals surface area contributed by atoms with Crippen molar-refractivity contribution in [1.82, 2.24) is 4.90 Å². The number of sulfonamides is 1. The lowest BCUT2D eigenvalue weighted by atomic mass is 9.93. The number of hydrogen-bond acceptors (Lipinski definition) is 6. The number of ether oxygens (including phenoxy) is 2. The van der Waals surface area contributed by atoms with E-state index in [1.165, 1.54) is 30.2 Å². The number of amides is 1. The Morgan fingerprint density at radius 3 is 2.74 bits per heavy atom. The summed E-state index contributed by atoms with van der Waals surface area (Å²) in [5.41, 5.74) is 1.19. The Balaban J connectivity index is 1.42. The lowest BCUT2D eigenvalue weighted by Gasteiger charge is -2.37. The van der Waals surface area contributed by atoms with Crippen molar-refractivity contribution in [2.45, 2.75) is 30.1 Å². The SMILES string of the molecule is COC(=O)c1c(NS(=O)(=O)c2ccc(F)cc2CCC2CN(C(=O)O)C2)ccc2c1OCC1CC21. The van der Waals surface area contributed by atoms with Crippen molar-refractivity contribution in [3.05, 3.63) is 52.8 Å². The van der Waals surface area contributed by atoms with Gasteiger partial charge in [0.25, 0.3) is 10.0 Å². The van der Waals surface area contributed by atoms with E-state index in [0.29, 0.717) is 43.7 Å². The summed E-state index contributed by atoms with van der Waals surface area (Å²) in [6.45, 7) is 1.19. The molecule has 1 saturated heterocycles. The van der Waals surface area contributed by atoms with Gasteiger partial charge in [0.05, 0.1) is 24.3 Å². The molecule has 0 radical (unpaired) electrons. The highest BCUT2D eigenvalue weighted by Crippen LogP contribution is 2.55. The number of esters is 1. The van der Waals surface area contributed by atoms with Crippen LogP contribution in [0.2, 0.25) is 0 Å². The van der Waals surface area contributed by atoms with Crippen LogP contribution >= 0.6 is 0 Å². The molecule has 9 nitrogen and oxygen atoms in total. The molecule has 2 N–H and O–H groups in total. The van der Waals surface area contributed by atoms with E-state index in [9.17, 15) is 22.4 Å². The maximum atomic E-state index is 14.0. The van der Waals surface area contributed by atoms with Gasteiger partial charge in [-0.2, -0.15) is 0 Å². The largest absolute Gasteiger partial charge is 0.492 e. The molecule has 2 aliphatic heterocycles. The second-order valence-corrected chi connectivity index (χ2v) is 10.9. The highest BCUT2D eigenvalue weighted by atomic mass is 32.2. The molecule has 0 aromatic heterocycles. The van der Waals surface area contributed by atoms with Crippen LogP contribution in [0.15, 0.2) is 35.2 Å². The van der Waals surface area contributed by atoms with Crippen LogP contribution < -0.4 is 9.46 Å². The minimum Gasteiger partial charge on any atom is -0.492 e. The zero-order chi connectivity index (χ0) is 24.9. The minimum absolute atomic E-state index is 0.0193. The van der Waals surface area contributed by atoms with Crippen molar-refractivity contribution in [3.63, 3.8) is 0 Å². The summed E-state index contributed by atoms with van der Waals surface area (Å²) in [7, 11) is -2.98. The predicted molar refractivity (Wildman–Crippen MR) is 123 cm³/mol. The average Bonchev–Trinajstić information content (AvgIpc) is 3.57. The van der Waals surface area contributed by atoms with Crippen molar-refractivity contribution in [3.8, 4) is 5.75 Å². The topological polar surface area (TPSA) is 122 Å². The molecule has 11 heteroatoms. The van der Waals surface area contributed by atoms with Crippen molar-refractivity contribution < 1.29 is 37.0 Å². The molecule has 0 bridgehead atoms. The van der Waals surface area contributed by atoms with Crippen LogP contribution in [0.25, 0.3) is 0 Å². The molecule has 2 aromatic rings. The monoisotopic (exact) mass is 504 g/mol. The van der Waals surface area contributed by atoms with Crippen LogP contribution in [0.3, 0.4) is 0 Å². The summed E-state index contributed by atoms with van der Waals surface area (Å²) in [5.74, 6) is -0.173. The summed E-state index contributed by atoms with van der Waals surface area (Å²) in [5, 5.41) is 8.98. The third-order valence-electron chi connectivity index (χ3n) is 6.95. The molecule has 0 spiro atoms. The van der Waals surface area contributed by atoms with Gasteiger partial charge in [-0.25, -0.2) is 22.4 Å². The fourth-order valence-electron chi connectivity index (χ4n) is 4.91. The lowest BCUT2D eigenvalue weighted by molar-refractivity contribution is 0.0596. The van der Waals surface area contributed by atoms with Crippen molar-refractivity contribution in [2.24, 2.45) is 11.8 Å². The second-order valence-electron chi connectivity index (χ2n) is 9.26. The molecule has 2 unspecified atom stereocenters. The number of hydrogen-bond donors (Lipinski definition) is 2. The summed E-state index contributed by atoms with van der Waals surface area (Å²) in [4.78, 5) is 24.7. The maximum Gasteiger partial charge on any atom is 0.407 e. The summed E-state index contributed by atoms with van der Waals surface area (Å²) >= 11 is 0. The van der Waals surface area contributed by atoms with Gasteiger partial charge in [-0.15, -0.1) is 0 Å². The third kappa shape index (κ3) is 4.40. The molecule has 2 fully saturated rings. The van der Waals surface area contributed by atoms with Crippen LogP contribution in [0.1, 0.15) is 40.2 Å². The van der Waals surface area contributed by atoms with E-state index >= 15 is 0 Å². The number of anilines is 1. The van der Waals surface area contributed by atoms with E-state index in [0.717, 1.165) is 18.1 Å². The van der Waals surface area contributed by atoms with Gasteiger partial charge in [-0.05, 0) is 66.5 Å². The molecule has 2 aromatic carbocycles. The van der Waals surface area contributed by atoms with Gasteiger partial charge in [0.2, 0.25) is 0 Å². The van der Waals surface area contributed by atoms with Crippen molar-refractivity contribution in [1.29, 1.82) is 0 Å². The summed E-state index contributed by atoms with van der Waals surface area (Å²) < 4.78 is 54.0. The summed E-state index contributed by atoms with van der Waals surface area (Å²) in [6, 6.07) is 6.73. The van der Waals surface area contributed by atoms with E-state index in [1.807, 2.05) is 0 Å². The van der Waals surface area contributed by atoms with Crippen LogP contribution in [0.4, 0.5) is 14.9 Å². The third-order valence-corrected chi connectivity index (χ3v) is 8.41. The molecule has 1 saturated carbocycles. The Hall–Kier alpha value is -3.34. The molecule has 2 atom stereocenters. The van der Waals surface area contributed by atoms with Gasteiger partial charge in [0, 0.05) is 19.0 Å². The number of carboxylic acid groups (broad SMARTS) is 1. The second kappa shape index (κ2) is 8.71. The predicted octanol–water partition coefficient (Wildman–Crippen LogP) is 3.45. The Kier molecular flexibility index (Phi) is 5.82. The van der Waals surface area contributed by atoms with Gasteiger partial charge in [-0.1, -0.05) is 6.07 Å². The number of fused-ring (bicyclic) bond motifs is 3. The van der Waals surface area contributed by atoms with Gasteiger partial charge < -0.3 is 19.5 Å². The Labute approximate surface area is 201 Å². The maximum absolute atomic E-state index is 14.0. The first-order valence-electron chi connectivity index (χ1n) is 11.3. The first-order valence-corrected chi connectivity index (χ1v) is 12.8. The molecule has 1 aliphatic carbocycles. The van der Waals surface area contributed by atoms with Crippen LogP contribution in [0, 0.1) is 17.7 Å². The number of carbonyl (C=O) groups is 2. The molecule has 1 amide bonds. The first-order chi connectivity index (χ1) is 16.7. The average molecular weight is 505 g/mol. The number of halogens is 1. The molecule has 2 heterocycles. The number of carbonyl (C=O) groups excluding carboxylic acids is 1. The molecule has 35 heavy (non-hydrogen) atoms. The minimum atomic E-state index is -4.20. The fraction of sp³-hybridized carbons (Fsp3) is 0.417. The normalized spacial score (nSPS) is 20.7. The molecular formula is C24H25FN2O7S. The number of nitrogens with one attached hydrogen (secondary N) is 1. The van der Waals surface area contributed by atoms with E-state index in [2.05, 4.69) is 4.72 Å². The van der Waals surface area contributed by atoms with Gasteiger partial charge >= 0.3 is 12.1 Å². The molecule has 3 aliphatic rings. The Morgan fingerprint density at radius 2 is 2.03 bits per heavy atom. The quantitative estimate of drug-likeness (QED) is 0.554. The van der Waals surface area contributed by atoms with Crippen molar-refractivity contribution >= 4 is 27.8 Å². The van der Waals surface area contributed by atoms with Crippen LogP contribution in [-0.4, -0.2) is 57.3 Å². The molecular weight excluding hydrogens is 479 g/mol. The Bertz CT molecular complexity index is 1310. The van der Waals surface area contributed by atoms with E-state index in [4.69, 9.17) is 14.6 Å². The standard InChI is InChI=1S/C24H25FN2O7S/c1-33-23(28)21-19(6-5-17-18-9-15(18)12-34-22(17)21)26-35(31,32)20-7-4-16(25)8-14(20)3-2-13-10-27(11-13)24(29)30/h4-8,13,15,18,26H,2-3,9-12H2,1H3,(H,29,30).